The van der Waals surface area contributed by atoms with Crippen molar-refractivity contribution >= 4 is 0 Å². The Bertz CT molecular complexity index is 617. The number of halogens is 1. The molecule has 20 heavy (non-hydrogen) atoms. The maximum absolute atomic E-state index is 13.3. The van der Waals surface area contributed by atoms with Crippen LogP contribution in [0.3, 0.4) is 0 Å². The van der Waals surface area contributed by atoms with Gasteiger partial charge in [-0.1, -0.05) is 42.8 Å². The highest BCUT2D eigenvalue weighted by atomic mass is 19.1. The maximum Gasteiger partial charge on any atom is 0.126 e. The molecular formula is C18H20FN. The Morgan fingerprint density at radius 2 is 1.85 bits per heavy atom. The summed E-state index contributed by atoms with van der Waals surface area (Å²) in [6.07, 6.45) is 3.90. The SMILES string of the molecule is Cc1cc(C(N)c2cccc(C3CCC3)c2)ccc1F. The first-order valence-electron chi connectivity index (χ1n) is 7.26. The predicted molar refractivity (Wildman–Crippen MR) is 80.2 cm³/mol. The van der Waals surface area contributed by atoms with Gasteiger partial charge in [0.15, 0.2) is 0 Å². The fourth-order valence-electron chi connectivity index (χ4n) is 2.80. The van der Waals surface area contributed by atoms with Gasteiger partial charge in [-0.05, 0) is 54.0 Å². The third-order valence-corrected chi connectivity index (χ3v) is 4.39. The number of nitrogens with two attached hydrogens (primary N) is 1. The molecule has 3 rings (SSSR count). The van der Waals surface area contributed by atoms with Crippen molar-refractivity contribution in [2.45, 2.75) is 38.1 Å². The van der Waals surface area contributed by atoms with Crippen molar-refractivity contribution in [3.63, 3.8) is 0 Å². The minimum absolute atomic E-state index is 0.177. The summed E-state index contributed by atoms with van der Waals surface area (Å²) in [6.45, 7) is 1.77. The van der Waals surface area contributed by atoms with Gasteiger partial charge in [-0.3, -0.25) is 0 Å². The van der Waals surface area contributed by atoms with E-state index in [1.807, 2.05) is 6.07 Å². The second-order valence-corrected chi connectivity index (χ2v) is 5.78. The molecular weight excluding hydrogens is 249 g/mol. The number of benzene rings is 2. The second-order valence-electron chi connectivity index (χ2n) is 5.78. The van der Waals surface area contributed by atoms with Crippen molar-refractivity contribution in [1.82, 2.24) is 0 Å². The van der Waals surface area contributed by atoms with E-state index >= 15 is 0 Å². The molecule has 0 heterocycles. The zero-order valence-corrected chi connectivity index (χ0v) is 11.8. The number of rotatable bonds is 3. The minimum Gasteiger partial charge on any atom is -0.320 e. The Hall–Kier alpha value is -1.67. The fourth-order valence-corrected chi connectivity index (χ4v) is 2.80. The van der Waals surface area contributed by atoms with Crippen molar-refractivity contribution in [3.8, 4) is 0 Å². The number of hydrogen-bond donors (Lipinski definition) is 1. The van der Waals surface area contributed by atoms with Crippen LogP contribution in [0.5, 0.6) is 0 Å². The first-order chi connectivity index (χ1) is 9.65. The van der Waals surface area contributed by atoms with Gasteiger partial charge in [0.2, 0.25) is 0 Å². The topological polar surface area (TPSA) is 26.0 Å². The molecule has 2 N–H and O–H groups in total. The second kappa shape index (κ2) is 5.37. The van der Waals surface area contributed by atoms with E-state index in [0.29, 0.717) is 11.5 Å². The Morgan fingerprint density at radius 1 is 1.10 bits per heavy atom. The first-order valence-corrected chi connectivity index (χ1v) is 7.26. The lowest BCUT2D eigenvalue weighted by molar-refractivity contribution is 0.419. The van der Waals surface area contributed by atoms with Crippen LogP contribution in [0.15, 0.2) is 42.5 Å². The van der Waals surface area contributed by atoms with Gasteiger partial charge in [-0.25, -0.2) is 4.39 Å². The van der Waals surface area contributed by atoms with Crippen LogP contribution >= 0.6 is 0 Å². The van der Waals surface area contributed by atoms with Crippen molar-refractivity contribution in [1.29, 1.82) is 0 Å². The molecule has 1 saturated carbocycles. The van der Waals surface area contributed by atoms with E-state index in [1.165, 1.54) is 30.9 Å². The smallest absolute Gasteiger partial charge is 0.126 e. The quantitative estimate of drug-likeness (QED) is 0.875. The van der Waals surface area contributed by atoms with E-state index < -0.39 is 0 Å². The monoisotopic (exact) mass is 269 g/mol. The molecule has 0 amide bonds. The normalized spacial score (nSPS) is 16.8. The summed E-state index contributed by atoms with van der Waals surface area (Å²) in [5.41, 5.74) is 10.5. The molecule has 0 aliphatic heterocycles. The largest absolute Gasteiger partial charge is 0.320 e. The molecule has 0 radical (unpaired) electrons. The molecule has 1 fully saturated rings. The lowest BCUT2D eigenvalue weighted by Gasteiger charge is -2.26. The van der Waals surface area contributed by atoms with Gasteiger partial charge in [0.05, 0.1) is 6.04 Å². The van der Waals surface area contributed by atoms with Crippen LogP contribution in [0.2, 0.25) is 0 Å². The Morgan fingerprint density at radius 3 is 2.50 bits per heavy atom. The molecule has 2 aromatic rings. The van der Waals surface area contributed by atoms with E-state index in [-0.39, 0.29) is 11.9 Å². The molecule has 1 unspecified atom stereocenters. The molecule has 0 saturated heterocycles. The summed E-state index contributed by atoms with van der Waals surface area (Å²) in [4.78, 5) is 0. The van der Waals surface area contributed by atoms with E-state index in [4.69, 9.17) is 5.73 Å². The van der Waals surface area contributed by atoms with E-state index in [1.54, 1.807) is 13.0 Å². The molecule has 2 heteroatoms. The third-order valence-electron chi connectivity index (χ3n) is 4.39. The zero-order chi connectivity index (χ0) is 14.1. The van der Waals surface area contributed by atoms with Crippen LogP contribution in [0, 0.1) is 12.7 Å². The average Bonchev–Trinajstić information content (AvgIpc) is 2.39. The highest BCUT2D eigenvalue weighted by Crippen LogP contribution is 2.37. The van der Waals surface area contributed by atoms with E-state index in [0.717, 1.165) is 11.1 Å². The van der Waals surface area contributed by atoms with Crippen LogP contribution in [0.25, 0.3) is 0 Å². The Kier molecular flexibility index (Phi) is 3.58. The van der Waals surface area contributed by atoms with Crippen LogP contribution in [-0.2, 0) is 0 Å². The third kappa shape index (κ3) is 2.48. The number of hydrogen-bond acceptors (Lipinski definition) is 1. The summed E-state index contributed by atoms with van der Waals surface area (Å²) in [7, 11) is 0. The molecule has 1 aliphatic rings. The minimum atomic E-state index is -0.186. The van der Waals surface area contributed by atoms with Gasteiger partial charge >= 0.3 is 0 Å². The summed E-state index contributed by atoms with van der Waals surface area (Å²) < 4.78 is 13.3. The van der Waals surface area contributed by atoms with Gasteiger partial charge in [-0.15, -0.1) is 0 Å². The lowest BCUT2D eigenvalue weighted by Crippen LogP contribution is -2.14. The van der Waals surface area contributed by atoms with Crippen LogP contribution < -0.4 is 5.73 Å². The standard InChI is InChI=1S/C18H20FN/c1-12-10-16(8-9-17(12)19)18(20)15-7-3-6-14(11-15)13-4-2-5-13/h3,6-11,13,18H,2,4-5,20H2,1H3. The summed E-state index contributed by atoms with van der Waals surface area (Å²) in [6, 6.07) is 13.5. The molecule has 1 aliphatic carbocycles. The highest BCUT2D eigenvalue weighted by molar-refractivity contribution is 5.37. The highest BCUT2D eigenvalue weighted by Gasteiger charge is 2.20. The summed E-state index contributed by atoms with van der Waals surface area (Å²) >= 11 is 0. The molecule has 0 aromatic heterocycles. The van der Waals surface area contributed by atoms with Crippen molar-refractivity contribution in [3.05, 3.63) is 70.5 Å². The molecule has 2 aromatic carbocycles. The van der Waals surface area contributed by atoms with E-state index in [2.05, 4.69) is 24.3 Å². The van der Waals surface area contributed by atoms with Gasteiger partial charge < -0.3 is 5.73 Å². The first kappa shape index (κ1) is 13.3. The van der Waals surface area contributed by atoms with Crippen molar-refractivity contribution < 1.29 is 4.39 Å². The fraction of sp³-hybridized carbons (Fsp3) is 0.333. The zero-order valence-electron chi connectivity index (χ0n) is 11.8. The Balaban J connectivity index is 1.89. The van der Waals surface area contributed by atoms with Crippen molar-refractivity contribution in [2.24, 2.45) is 5.73 Å². The van der Waals surface area contributed by atoms with Gasteiger partial charge in [0.25, 0.3) is 0 Å². The summed E-state index contributed by atoms with van der Waals surface area (Å²) in [5, 5.41) is 0. The van der Waals surface area contributed by atoms with Gasteiger partial charge in [0, 0.05) is 0 Å². The Labute approximate surface area is 119 Å². The molecule has 0 spiro atoms. The molecule has 0 bridgehead atoms. The summed E-state index contributed by atoms with van der Waals surface area (Å²) in [5.74, 6) is 0.529. The van der Waals surface area contributed by atoms with Gasteiger partial charge in [0.1, 0.15) is 5.82 Å². The number of aryl methyl sites for hydroxylation is 1. The van der Waals surface area contributed by atoms with Crippen molar-refractivity contribution in [2.75, 3.05) is 0 Å². The molecule has 1 atom stereocenters. The lowest BCUT2D eigenvalue weighted by atomic mass is 9.79. The van der Waals surface area contributed by atoms with Crippen LogP contribution in [0.1, 0.15) is 53.5 Å². The predicted octanol–water partition coefficient (Wildman–Crippen LogP) is 4.45. The molecule has 104 valence electrons. The maximum atomic E-state index is 13.3. The molecule has 1 nitrogen and oxygen atoms in total. The van der Waals surface area contributed by atoms with Gasteiger partial charge in [-0.2, -0.15) is 0 Å². The average molecular weight is 269 g/mol. The van der Waals surface area contributed by atoms with Crippen LogP contribution in [0.4, 0.5) is 4.39 Å². The van der Waals surface area contributed by atoms with Crippen LogP contribution in [-0.4, -0.2) is 0 Å². The van der Waals surface area contributed by atoms with E-state index in [9.17, 15) is 4.39 Å².